The molecule has 0 unspecified atom stereocenters. The SMILES string of the molecule is COC(=O)c1cccn1C1CCN(CCOc2ccc(S(=O)(=O)N3CCOCC3)cc2)CC1. The molecule has 9 nitrogen and oxygen atoms in total. The summed E-state index contributed by atoms with van der Waals surface area (Å²) < 4.78 is 44.8. The monoisotopic (exact) mass is 477 g/mol. The van der Waals surface area contributed by atoms with E-state index < -0.39 is 10.0 Å². The van der Waals surface area contributed by atoms with E-state index in [1.54, 1.807) is 30.3 Å². The molecular formula is C23H31N3O6S. The molecule has 1 aromatic carbocycles. The van der Waals surface area contributed by atoms with Gasteiger partial charge in [0.2, 0.25) is 10.0 Å². The number of aromatic nitrogens is 1. The molecule has 4 rings (SSSR count). The van der Waals surface area contributed by atoms with Crippen LogP contribution < -0.4 is 4.74 Å². The van der Waals surface area contributed by atoms with E-state index in [9.17, 15) is 13.2 Å². The Balaban J connectivity index is 1.23. The summed E-state index contributed by atoms with van der Waals surface area (Å²) in [5.41, 5.74) is 0.596. The van der Waals surface area contributed by atoms with Crippen LogP contribution >= 0.6 is 0 Å². The van der Waals surface area contributed by atoms with Crippen LogP contribution in [-0.2, 0) is 19.5 Å². The van der Waals surface area contributed by atoms with E-state index >= 15 is 0 Å². The van der Waals surface area contributed by atoms with Crippen LogP contribution in [0.4, 0.5) is 0 Å². The predicted molar refractivity (Wildman–Crippen MR) is 122 cm³/mol. The first kappa shape index (κ1) is 23.7. The second kappa shape index (κ2) is 10.7. The van der Waals surface area contributed by atoms with Gasteiger partial charge in [0.15, 0.2) is 0 Å². The lowest BCUT2D eigenvalue weighted by molar-refractivity contribution is 0.0581. The number of methoxy groups -OCH3 is 1. The molecule has 0 N–H and O–H groups in total. The maximum Gasteiger partial charge on any atom is 0.354 e. The molecular weight excluding hydrogens is 446 g/mol. The highest BCUT2D eigenvalue weighted by atomic mass is 32.2. The van der Waals surface area contributed by atoms with Crippen molar-refractivity contribution in [3.63, 3.8) is 0 Å². The highest BCUT2D eigenvalue weighted by Crippen LogP contribution is 2.25. The van der Waals surface area contributed by atoms with E-state index in [0.29, 0.717) is 44.4 Å². The van der Waals surface area contributed by atoms with Gasteiger partial charge in [-0.25, -0.2) is 13.2 Å². The fourth-order valence-electron chi connectivity index (χ4n) is 4.35. The van der Waals surface area contributed by atoms with E-state index in [4.69, 9.17) is 14.2 Å². The molecule has 180 valence electrons. The third-order valence-electron chi connectivity index (χ3n) is 6.23. The van der Waals surface area contributed by atoms with Crippen molar-refractivity contribution < 1.29 is 27.4 Å². The maximum absolute atomic E-state index is 12.7. The summed E-state index contributed by atoms with van der Waals surface area (Å²) in [6, 6.07) is 10.6. The number of carbonyl (C=O) groups is 1. The molecule has 10 heteroatoms. The maximum atomic E-state index is 12.7. The van der Waals surface area contributed by atoms with E-state index in [0.717, 1.165) is 32.5 Å². The summed E-state index contributed by atoms with van der Waals surface area (Å²) in [6.07, 6.45) is 3.85. The zero-order valence-corrected chi connectivity index (χ0v) is 19.7. The van der Waals surface area contributed by atoms with Crippen LogP contribution in [0.2, 0.25) is 0 Å². The van der Waals surface area contributed by atoms with Gasteiger partial charge in [-0.1, -0.05) is 0 Å². The van der Waals surface area contributed by atoms with Crippen molar-refractivity contribution in [2.24, 2.45) is 0 Å². The molecule has 0 aliphatic carbocycles. The number of nitrogens with zero attached hydrogens (tertiary/aromatic N) is 3. The van der Waals surface area contributed by atoms with Crippen molar-refractivity contribution in [3.8, 4) is 5.75 Å². The number of sulfonamides is 1. The van der Waals surface area contributed by atoms with Crippen molar-refractivity contribution in [1.82, 2.24) is 13.8 Å². The minimum absolute atomic E-state index is 0.273. The largest absolute Gasteiger partial charge is 0.492 e. The summed E-state index contributed by atoms with van der Waals surface area (Å²) in [5, 5.41) is 0. The predicted octanol–water partition coefficient (Wildman–Crippen LogP) is 2.01. The number of carbonyl (C=O) groups excluding carboxylic acids is 1. The van der Waals surface area contributed by atoms with Crippen molar-refractivity contribution in [2.45, 2.75) is 23.8 Å². The highest BCUT2D eigenvalue weighted by molar-refractivity contribution is 7.89. The number of benzene rings is 1. The van der Waals surface area contributed by atoms with Gasteiger partial charge in [0.1, 0.15) is 18.1 Å². The van der Waals surface area contributed by atoms with Crippen LogP contribution in [0.3, 0.4) is 0 Å². The molecule has 2 fully saturated rings. The van der Waals surface area contributed by atoms with Gasteiger partial charge in [-0.15, -0.1) is 0 Å². The van der Waals surface area contributed by atoms with Crippen LogP contribution in [0.1, 0.15) is 29.4 Å². The summed E-state index contributed by atoms with van der Waals surface area (Å²) in [5.74, 6) is 0.348. The fraction of sp³-hybridized carbons (Fsp3) is 0.522. The Morgan fingerprint density at radius 3 is 2.42 bits per heavy atom. The fourth-order valence-corrected chi connectivity index (χ4v) is 5.76. The van der Waals surface area contributed by atoms with Crippen LogP contribution in [0.5, 0.6) is 5.75 Å². The van der Waals surface area contributed by atoms with E-state index in [-0.39, 0.29) is 16.9 Å². The lowest BCUT2D eigenvalue weighted by Crippen LogP contribution is -2.40. The number of rotatable bonds is 8. The number of likely N-dealkylation sites (tertiary alicyclic amines) is 1. The van der Waals surface area contributed by atoms with E-state index in [1.807, 2.05) is 16.8 Å². The Morgan fingerprint density at radius 1 is 1.06 bits per heavy atom. The molecule has 2 aliphatic rings. The number of morpholine rings is 1. The summed E-state index contributed by atoms with van der Waals surface area (Å²) in [6.45, 7) is 4.77. The van der Waals surface area contributed by atoms with Crippen molar-refractivity contribution >= 4 is 16.0 Å². The Bertz CT molecular complexity index is 1020. The zero-order valence-electron chi connectivity index (χ0n) is 18.9. The molecule has 0 saturated carbocycles. The first-order valence-corrected chi connectivity index (χ1v) is 12.7. The average Bonchev–Trinajstić information content (AvgIpc) is 3.35. The molecule has 3 heterocycles. The van der Waals surface area contributed by atoms with Crippen LogP contribution in [0.15, 0.2) is 47.5 Å². The third-order valence-corrected chi connectivity index (χ3v) is 8.14. The van der Waals surface area contributed by atoms with E-state index in [1.165, 1.54) is 11.4 Å². The number of esters is 1. The van der Waals surface area contributed by atoms with Gasteiger partial charge < -0.3 is 18.8 Å². The van der Waals surface area contributed by atoms with Gasteiger partial charge in [0, 0.05) is 45.0 Å². The van der Waals surface area contributed by atoms with Crippen LogP contribution in [-0.4, -0.2) is 87.8 Å². The first-order valence-electron chi connectivity index (χ1n) is 11.3. The number of piperidine rings is 1. The molecule has 0 radical (unpaired) electrons. The van der Waals surface area contributed by atoms with Crippen LogP contribution in [0.25, 0.3) is 0 Å². The molecule has 1 aromatic heterocycles. The number of hydrogen-bond acceptors (Lipinski definition) is 7. The molecule has 0 amide bonds. The molecule has 2 aromatic rings. The molecule has 0 atom stereocenters. The quantitative estimate of drug-likeness (QED) is 0.537. The van der Waals surface area contributed by atoms with Crippen molar-refractivity contribution in [1.29, 1.82) is 0 Å². The summed E-state index contributed by atoms with van der Waals surface area (Å²) in [7, 11) is -2.09. The second-order valence-electron chi connectivity index (χ2n) is 8.20. The van der Waals surface area contributed by atoms with E-state index in [2.05, 4.69) is 4.90 Å². The average molecular weight is 478 g/mol. The minimum Gasteiger partial charge on any atom is -0.492 e. The van der Waals surface area contributed by atoms with Gasteiger partial charge >= 0.3 is 5.97 Å². The summed E-state index contributed by atoms with van der Waals surface area (Å²) in [4.78, 5) is 14.5. The van der Waals surface area contributed by atoms with Gasteiger partial charge in [0.05, 0.1) is 25.2 Å². The third kappa shape index (κ3) is 5.57. The highest BCUT2D eigenvalue weighted by Gasteiger charge is 2.26. The molecule has 33 heavy (non-hydrogen) atoms. The lowest BCUT2D eigenvalue weighted by Gasteiger charge is -2.33. The van der Waals surface area contributed by atoms with Crippen molar-refractivity contribution in [2.75, 3.05) is 59.7 Å². The van der Waals surface area contributed by atoms with Gasteiger partial charge in [-0.3, -0.25) is 4.90 Å². The zero-order chi connectivity index (χ0) is 23.3. The molecule has 2 saturated heterocycles. The Kier molecular flexibility index (Phi) is 7.69. The number of ether oxygens (including phenoxy) is 3. The smallest absolute Gasteiger partial charge is 0.354 e. The molecule has 2 aliphatic heterocycles. The standard InChI is InChI=1S/C23H31N3O6S/c1-30-23(27)22-3-2-10-26(22)19-8-11-24(12-9-19)13-18-32-20-4-6-21(7-5-20)33(28,29)25-14-16-31-17-15-25/h2-7,10,19H,8-9,11-18H2,1H3. The Hall–Kier alpha value is -2.40. The van der Waals surface area contributed by atoms with Crippen LogP contribution in [0, 0.1) is 0 Å². The first-order chi connectivity index (χ1) is 16.0. The Morgan fingerprint density at radius 2 is 1.76 bits per heavy atom. The second-order valence-corrected chi connectivity index (χ2v) is 10.1. The number of hydrogen-bond donors (Lipinski definition) is 0. The topological polar surface area (TPSA) is 90.3 Å². The molecule has 0 spiro atoms. The van der Waals surface area contributed by atoms with Gasteiger partial charge in [0.25, 0.3) is 0 Å². The minimum atomic E-state index is -3.49. The normalized spacial score (nSPS) is 18.8. The van der Waals surface area contributed by atoms with Crippen molar-refractivity contribution in [3.05, 3.63) is 48.3 Å². The summed E-state index contributed by atoms with van der Waals surface area (Å²) >= 11 is 0. The Labute approximate surface area is 194 Å². The van der Waals surface area contributed by atoms with Gasteiger partial charge in [-0.2, -0.15) is 4.31 Å². The van der Waals surface area contributed by atoms with Gasteiger partial charge in [-0.05, 0) is 49.2 Å². The lowest BCUT2D eigenvalue weighted by atomic mass is 10.0. The molecule has 0 bridgehead atoms.